The molecule has 7 nitrogen and oxygen atoms in total. The monoisotopic (exact) mass is 433 g/mol. The number of piperazine rings is 1. The third-order valence-corrected chi connectivity index (χ3v) is 6.23. The summed E-state index contributed by atoms with van der Waals surface area (Å²) in [7, 11) is 2.00. The van der Waals surface area contributed by atoms with Crippen LogP contribution in [0.2, 0.25) is 0 Å². The second-order valence-corrected chi connectivity index (χ2v) is 8.35. The van der Waals surface area contributed by atoms with E-state index < -0.39 is 0 Å². The number of hydrogen-bond acceptors (Lipinski definition) is 6. The largest absolute Gasteiger partial charge is 0.490 e. The first-order chi connectivity index (χ1) is 14.3. The molecular formula is C22H32ClN5O2. The zero-order chi connectivity index (χ0) is 19.6. The zero-order valence-electron chi connectivity index (χ0n) is 17.7. The number of likely N-dealkylation sites (tertiary alicyclic amines) is 1. The van der Waals surface area contributed by atoms with Crippen LogP contribution < -0.4 is 14.8 Å². The third-order valence-electron chi connectivity index (χ3n) is 6.23. The van der Waals surface area contributed by atoms with Crippen LogP contribution in [-0.2, 0) is 13.6 Å². The molecule has 1 aromatic heterocycles. The highest BCUT2D eigenvalue weighted by atomic mass is 35.5. The number of hydrogen-bond donors (Lipinski definition) is 1. The maximum Gasteiger partial charge on any atom is 0.161 e. The van der Waals surface area contributed by atoms with Crippen molar-refractivity contribution in [1.82, 2.24) is 24.9 Å². The van der Waals surface area contributed by atoms with Crippen molar-refractivity contribution in [3.63, 3.8) is 0 Å². The molecule has 0 spiro atoms. The lowest BCUT2D eigenvalue weighted by atomic mass is 10.1. The molecule has 2 aromatic rings. The Morgan fingerprint density at radius 1 is 1.10 bits per heavy atom. The van der Waals surface area contributed by atoms with Crippen LogP contribution in [0.1, 0.15) is 18.4 Å². The number of aromatic nitrogens is 2. The molecule has 0 amide bonds. The molecule has 3 aliphatic rings. The van der Waals surface area contributed by atoms with Gasteiger partial charge in [-0.15, -0.1) is 12.4 Å². The van der Waals surface area contributed by atoms with E-state index in [1.165, 1.54) is 25.1 Å². The van der Waals surface area contributed by atoms with Gasteiger partial charge in [0.05, 0.1) is 18.9 Å². The average molecular weight is 434 g/mol. The number of rotatable bonds is 4. The molecule has 2 saturated heterocycles. The molecule has 8 heteroatoms. The van der Waals surface area contributed by atoms with E-state index in [9.17, 15) is 0 Å². The fourth-order valence-electron chi connectivity index (χ4n) is 4.75. The number of nitrogens with zero attached hydrogens (tertiary/aromatic N) is 4. The summed E-state index contributed by atoms with van der Waals surface area (Å²) in [4.78, 5) is 5.24. The van der Waals surface area contributed by atoms with Gasteiger partial charge in [-0.2, -0.15) is 5.10 Å². The standard InChI is InChI=1S/C22H31N5O2.ClH/c1-25-14-18(15-26-8-5-19(16-26)27-9-6-23-7-10-27)22(24-25)17-3-4-20-21(13-17)29-12-2-11-28-20;/h3-4,13-14,19,23H,2,5-12,15-16H2,1H3;1H. The fourth-order valence-corrected chi connectivity index (χ4v) is 4.75. The molecule has 1 atom stereocenters. The van der Waals surface area contributed by atoms with Crippen LogP contribution in [-0.4, -0.2) is 78.1 Å². The highest BCUT2D eigenvalue weighted by molar-refractivity contribution is 5.85. The van der Waals surface area contributed by atoms with Crippen LogP contribution >= 0.6 is 12.4 Å². The molecule has 3 aliphatic heterocycles. The molecule has 1 N–H and O–H groups in total. The number of fused-ring (bicyclic) bond motifs is 1. The topological polar surface area (TPSA) is 54.8 Å². The summed E-state index contributed by atoms with van der Waals surface area (Å²) in [5, 5.41) is 8.24. The van der Waals surface area contributed by atoms with Gasteiger partial charge in [0.1, 0.15) is 0 Å². The summed E-state index contributed by atoms with van der Waals surface area (Å²) in [5.74, 6) is 1.67. The van der Waals surface area contributed by atoms with Gasteiger partial charge in [-0.05, 0) is 24.6 Å². The molecule has 30 heavy (non-hydrogen) atoms. The molecule has 4 heterocycles. The van der Waals surface area contributed by atoms with Gasteiger partial charge in [0.2, 0.25) is 0 Å². The second-order valence-electron chi connectivity index (χ2n) is 8.35. The number of ether oxygens (including phenoxy) is 2. The van der Waals surface area contributed by atoms with Crippen LogP contribution in [0, 0.1) is 0 Å². The van der Waals surface area contributed by atoms with Gasteiger partial charge < -0.3 is 14.8 Å². The van der Waals surface area contributed by atoms with Crippen molar-refractivity contribution in [3.05, 3.63) is 30.0 Å². The summed E-state index contributed by atoms with van der Waals surface area (Å²) in [5.41, 5.74) is 3.43. The Hall–Kier alpha value is -1.80. The second kappa shape index (κ2) is 9.56. The predicted molar refractivity (Wildman–Crippen MR) is 120 cm³/mol. The summed E-state index contributed by atoms with van der Waals surface area (Å²) in [6.07, 6.45) is 4.35. The van der Waals surface area contributed by atoms with Crippen molar-refractivity contribution in [3.8, 4) is 22.8 Å². The molecule has 0 aliphatic carbocycles. The van der Waals surface area contributed by atoms with E-state index in [4.69, 9.17) is 14.6 Å². The Morgan fingerprint density at radius 3 is 2.73 bits per heavy atom. The van der Waals surface area contributed by atoms with Crippen molar-refractivity contribution >= 4 is 12.4 Å². The third kappa shape index (κ3) is 4.59. The average Bonchev–Trinajstić information content (AvgIpc) is 3.28. The molecule has 1 aromatic carbocycles. The molecule has 164 valence electrons. The Labute approximate surface area is 184 Å². The lowest BCUT2D eigenvalue weighted by Crippen LogP contribution is -2.49. The van der Waals surface area contributed by atoms with Gasteiger partial charge in [-0.3, -0.25) is 14.5 Å². The zero-order valence-corrected chi connectivity index (χ0v) is 18.5. The van der Waals surface area contributed by atoms with E-state index in [1.54, 1.807) is 0 Å². The van der Waals surface area contributed by atoms with Crippen LogP contribution in [0.3, 0.4) is 0 Å². The summed E-state index contributed by atoms with van der Waals surface area (Å²) < 4.78 is 13.6. The lowest BCUT2D eigenvalue weighted by molar-refractivity contribution is 0.170. The lowest BCUT2D eigenvalue weighted by Gasteiger charge is -2.32. The van der Waals surface area contributed by atoms with Gasteiger partial charge >= 0.3 is 0 Å². The summed E-state index contributed by atoms with van der Waals surface area (Å²) >= 11 is 0. The van der Waals surface area contributed by atoms with E-state index in [0.29, 0.717) is 19.3 Å². The van der Waals surface area contributed by atoms with Crippen molar-refractivity contribution in [2.75, 3.05) is 52.5 Å². The Bertz CT molecular complexity index is 852. The van der Waals surface area contributed by atoms with Crippen molar-refractivity contribution in [1.29, 1.82) is 0 Å². The molecule has 0 saturated carbocycles. The molecule has 0 bridgehead atoms. The normalized spacial score (nSPS) is 22.5. The Morgan fingerprint density at radius 2 is 1.90 bits per heavy atom. The Balaban J connectivity index is 0.00000218. The van der Waals surface area contributed by atoms with E-state index in [1.807, 2.05) is 17.8 Å². The number of nitrogens with one attached hydrogen (secondary N) is 1. The van der Waals surface area contributed by atoms with Crippen molar-refractivity contribution < 1.29 is 9.47 Å². The van der Waals surface area contributed by atoms with Gasteiger partial charge in [-0.25, -0.2) is 0 Å². The predicted octanol–water partition coefficient (Wildman–Crippen LogP) is 2.15. The van der Waals surface area contributed by atoms with E-state index >= 15 is 0 Å². The van der Waals surface area contributed by atoms with Crippen molar-refractivity contribution in [2.45, 2.75) is 25.4 Å². The number of aryl methyl sites for hydroxylation is 1. The minimum absolute atomic E-state index is 0. The SMILES string of the molecule is Cl.Cn1cc(CN2CCC(N3CCNCC3)C2)c(-c2ccc3c(c2)OCCCO3)n1. The van der Waals surface area contributed by atoms with Gasteiger partial charge in [0.15, 0.2) is 11.5 Å². The molecular weight excluding hydrogens is 402 g/mol. The molecule has 2 fully saturated rings. The first-order valence-electron chi connectivity index (χ1n) is 10.9. The van der Waals surface area contributed by atoms with Crippen LogP contribution in [0.4, 0.5) is 0 Å². The maximum atomic E-state index is 5.89. The summed E-state index contributed by atoms with van der Waals surface area (Å²) in [6.45, 7) is 9.25. The highest BCUT2D eigenvalue weighted by Crippen LogP contribution is 2.35. The number of halogens is 1. The van der Waals surface area contributed by atoms with Gasteiger partial charge in [0, 0.05) is 82.6 Å². The van der Waals surface area contributed by atoms with Gasteiger partial charge in [-0.1, -0.05) is 0 Å². The van der Waals surface area contributed by atoms with Crippen LogP contribution in [0.25, 0.3) is 11.3 Å². The smallest absolute Gasteiger partial charge is 0.161 e. The van der Waals surface area contributed by atoms with Crippen molar-refractivity contribution in [2.24, 2.45) is 7.05 Å². The van der Waals surface area contributed by atoms with Crippen LogP contribution in [0.15, 0.2) is 24.4 Å². The van der Waals surface area contributed by atoms with Gasteiger partial charge in [0.25, 0.3) is 0 Å². The van der Waals surface area contributed by atoms with E-state index in [-0.39, 0.29) is 12.4 Å². The molecule has 1 unspecified atom stereocenters. The maximum absolute atomic E-state index is 5.89. The fraction of sp³-hybridized carbons (Fsp3) is 0.591. The molecule has 0 radical (unpaired) electrons. The quantitative estimate of drug-likeness (QED) is 0.797. The minimum atomic E-state index is 0. The van der Waals surface area contributed by atoms with E-state index in [0.717, 1.165) is 61.9 Å². The van der Waals surface area contributed by atoms with Crippen LogP contribution in [0.5, 0.6) is 11.5 Å². The first kappa shape index (κ1) is 21.4. The Kier molecular flexibility index (Phi) is 6.83. The molecule has 5 rings (SSSR count). The highest BCUT2D eigenvalue weighted by Gasteiger charge is 2.29. The van der Waals surface area contributed by atoms with E-state index in [2.05, 4.69) is 33.4 Å². The minimum Gasteiger partial charge on any atom is -0.490 e. The summed E-state index contributed by atoms with van der Waals surface area (Å²) in [6, 6.07) is 6.90. The number of benzene rings is 1. The first-order valence-corrected chi connectivity index (χ1v) is 10.9.